The van der Waals surface area contributed by atoms with Crippen molar-refractivity contribution < 1.29 is 14.3 Å². The zero-order chi connectivity index (χ0) is 19.3. The molecule has 1 N–H and O–H groups in total. The fourth-order valence-corrected chi connectivity index (χ4v) is 5.52. The van der Waals surface area contributed by atoms with Gasteiger partial charge in [0, 0.05) is 11.4 Å². The molecule has 6 nitrogen and oxygen atoms in total. The van der Waals surface area contributed by atoms with Gasteiger partial charge in [-0.05, 0) is 25.8 Å². The molecular weight excluding hydrogens is 374 g/mol. The molecule has 3 aromatic rings. The average molecular weight is 395 g/mol. The number of para-hydroxylation sites is 1. The maximum absolute atomic E-state index is 13.1. The number of hydrogen-bond acceptors (Lipinski definition) is 5. The summed E-state index contributed by atoms with van der Waals surface area (Å²) in [7, 11) is 0. The van der Waals surface area contributed by atoms with Gasteiger partial charge < -0.3 is 10.1 Å². The number of aromatic nitrogens is 1. The number of anilines is 2. The van der Waals surface area contributed by atoms with Gasteiger partial charge in [0.15, 0.2) is 0 Å². The van der Waals surface area contributed by atoms with Gasteiger partial charge >= 0.3 is 12.0 Å². The van der Waals surface area contributed by atoms with Crippen molar-refractivity contribution in [2.45, 2.75) is 45.1 Å². The van der Waals surface area contributed by atoms with Crippen LogP contribution in [0.4, 0.5) is 16.3 Å². The summed E-state index contributed by atoms with van der Waals surface area (Å²) >= 11 is 1.37. The normalized spacial score (nSPS) is 17.2. The lowest BCUT2D eigenvalue weighted by molar-refractivity contribution is 0.0533. The lowest BCUT2D eigenvalue weighted by atomic mass is 9.93. The van der Waals surface area contributed by atoms with Crippen LogP contribution in [0.3, 0.4) is 0 Å². The van der Waals surface area contributed by atoms with E-state index in [1.807, 2.05) is 29.2 Å². The van der Waals surface area contributed by atoms with E-state index in [1.165, 1.54) is 17.8 Å². The maximum Gasteiger partial charge on any atom is 0.350 e. The van der Waals surface area contributed by atoms with Crippen molar-refractivity contribution in [3.63, 3.8) is 0 Å². The van der Waals surface area contributed by atoms with Crippen LogP contribution in [0.2, 0.25) is 0 Å². The highest BCUT2D eigenvalue weighted by Crippen LogP contribution is 2.47. The smallest absolute Gasteiger partial charge is 0.350 e. The number of pyridine rings is 1. The molecular formula is C21H21N3O3S. The molecule has 28 heavy (non-hydrogen) atoms. The third-order valence-corrected chi connectivity index (χ3v) is 6.79. The summed E-state index contributed by atoms with van der Waals surface area (Å²) < 4.78 is 6.21. The lowest BCUT2D eigenvalue weighted by Gasteiger charge is -2.36. The first-order chi connectivity index (χ1) is 13.7. The molecule has 1 fully saturated rings. The first-order valence-electron chi connectivity index (χ1n) is 9.81. The van der Waals surface area contributed by atoms with Gasteiger partial charge in [0.05, 0.1) is 27.9 Å². The van der Waals surface area contributed by atoms with E-state index in [4.69, 9.17) is 9.72 Å². The zero-order valence-corrected chi connectivity index (χ0v) is 16.5. The SMILES string of the molecule is CCOC(=O)c1sc2c3c(nc4ccccc42)N(C2CCCCC2)C(=O)Nc13. The number of thiophene rings is 1. The molecule has 1 aliphatic carbocycles. The number of carbonyl (C=O) groups excluding carboxylic acids is 2. The van der Waals surface area contributed by atoms with Crippen LogP contribution in [0.5, 0.6) is 0 Å². The summed E-state index contributed by atoms with van der Waals surface area (Å²) in [5.41, 5.74) is 1.38. The molecule has 0 spiro atoms. The van der Waals surface area contributed by atoms with Gasteiger partial charge in [0.25, 0.3) is 0 Å². The Labute approximate surface area is 166 Å². The highest BCUT2D eigenvalue weighted by molar-refractivity contribution is 7.22. The minimum atomic E-state index is -0.403. The number of esters is 1. The van der Waals surface area contributed by atoms with Crippen LogP contribution in [0.1, 0.15) is 48.7 Å². The summed E-state index contributed by atoms with van der Waals surface area (Å²) in [5.74, 6) is 0.270. The van der Waals surface area contributed by atoms with E-state index in [2.05, 4.69) is 5.32 Å². The quantitative estimate of drug-likeness (QED) is 0.610. The third-order valence-electron chi connectivity index (χ3n) is 5.59. The van der Waals surface area contributed by atoms with Crippen LogP contribution in [0.15, 0.2) is 24.3 Å². The molecule has 1 saturated carbocycles. The van der Waals surface area contributed by atoms with E-state index < -0.39 is 5.97 Å². The minimum Gasteiger partial charge on any atom is -0.462 e. The number of ether oxygens (including phenoxy) is 1. The van der Waals surface area contributed by atoms with Crippen molar-refractivity contribution in [3.8, 4) is 0 Å². The number of nitrogens with zero attached hydrogens (tertiary/aromatic N) is 2. The molecule has 0 saturated heterocycles. The minimum absolute atomic E-state index is 0.143. The van der Waals surface area contributed by atoms with Crippen molar-refractivity contribution in [2.75, 3.05) is 16.8 Å². The van der Waals surface area contributed by atoms with Crippen LogP contribution < -0.4 is 10.2 Å². The first-order valence-corrected chi connectivity index (χ1v) is 10.6. The summed E-state index contributed by atoms with van der Waals surface area (Å²) in [4.78, 5) is 32.8. The Morgan fingerprint density at radius 3 is 2.86 bits per heavy atom. The fraction of sp³-hybridized carbons (Fsp3) is 0.381. The number of nitrogens with one attached hydrogen (secondary N) is 1. The van der Waals surface area contributed by atoms with Gasteiger partial charge in [0.2, 0.25) is 0 Å². The van der Waals surface area contributed by atoms with Crippen LogP contribution >= 0.6 is 11.3 Å². The van der Waals surface area contributed by atoms with Crippen molar-refractivity contribution in [1.29, 1.82) is 0 Å². The molecule has 2 aromatic heterocycles. The largest absolute Gasteiger partial charge is 0.462 e. The van der Waals surface area contributed by atoms with Gasteiger partial charge in [-0.2, -0.15) is 0 Å². The summed E-state index contributed by atoms with van der Waals surface area (Å²) in [6.07, 6.45) is 5.41. The summed E-state index contributed by atoms with van der Waals surface area (Å²) in [5, 5.41) is 4.83. The van der Waals surface area contributed by atoms with Crippen molar-refractivity contribution in [2.24, 2.45) is 0 Å². The predicted octanol–water partition coefficient (Wildman–Crippen LogP) is 5.31. The Balaban J connectivity index is 1.79. The highest BCUT2D eigenvalue weighted by atomic mass is 32.1. The number of carbonyl (C=O) groups is 2. The topological polar surface area (TPSA) is 71.5 Å². The molecule has 1 aromatic carbocycles. The van der Waals surface area contributed by atoms with Gasteiger partial charge in [-0.25, -0.2) is 14.6 Å². The Hall–Kier alpha value is -2.67. The monoisotopic (exact) mass is 395 g/mol. The van der Waals surface area contributed by atoms with E-state index in [9.17, 15) is 9.59 Å². The Bertz CT molecular complexity index is 1100. The number of rotatable bonds is 3. The molecule has 5 rings (SSSR count). The maximum atomic E-state index is 13.1. The molecule has 3 heterocycles. The van der Waals surface area contributed by atoms with Crippen molar-refractivity contribution >= 4 is 55.8 Å². The molecule has 0 bridgehead atoms. The molecule has 2 aliphatic rings. The second-order valence-electron chi connectivity index (χ2n) is 7.28. The molecule has 1 aliphatic heterocycles. The Kier molecular flexibility index (Phi) is 4.19. The number of hydrogen-bond donors (Lipinski definition) is 1. The lowest BCUT2D eigenvalue weighted by Crippen LogP contribution is -2.46. The van der Waals surface area contributed by atoms with E-state index in [1.54, 1.807) is 6.92 Å². The van der Waals surface area contributed by atoms with E-state index in [-0.39, 0.29) is 12.1 Å². The average Bonchev–Trinajstić information content (AvgIpc) is 3.09. The van der Waals surface area contributed by atoms with Gasteiger partial charge in [-0.15, -0.1) is 11.3 Å². The first kappa shape index (κ1) is 17.4. The molecule has 7 heteroatoms. The van der Waals surface area contributed by atoms with Crippen molar-refractivity contribution in [3.05, 3.63) is 29.1 Å². The third kappa shape index (κ3) is 2.57. The number of benzene rings is 1. The Morgan fingerprint density at radius 1 is 1.29 bits per heavy atom. The van der Waals surface area contributed by atoms with Crippen LogP contribution in [-0.4, -0.2) is 29.6 Å². The van der Waals surface area contributed by atoms with Crippen LogP contribution in [0.25, 0.3) is 21.0 Å². The second-order valence-corrected chi connectivity index (χ2v) is 8.30. The Morgan fingerprint density at radius 2 is 2.07 bits per heavy atom. The van der Waals surface area contributed by atoms with Gasteiger partial charge in [-0.1, -0.05) is 37.5 Å². The molecule has 0 radical (unpaired) electrons. The van der Waals surface area contributed by atoms with E-state index in [0.29, 0.717) is 23.0 Å². The van der Waals surface area contributed by atoms with Crippen LogP contribution in [-0.2, 0) is 4.74 Å². The number of urea groups is 1. The van der Waals surface area contributed by atoms with Gasteiger partial charge in [0.1, 0.15) is 10.7 Å². The number of amides is 2. The second kappa shape index (κ2) is 6.74. The van der Waals surface area contributed by atoms with E-state index >= 15 is 0 Å². The molecule has 144 valence electrons. The predicted molar refractivity (Wildman–Crippen MR) is 111 cm³/mol. The van der Waals surface area contributed by atoms with Crippen molar-refractivity contribution in [1.82, 2.24) is 4.98 Å². The van der Waals surface area contributed by atoms with E-state index in [0.717, 1.165) is 46.7 Å². The van der Waals surface area contributed by atoms with Crippen LogP contribution in [0, 0.1) is 0 Å². The zero-order valence-electron chi connectivity index (χ0n) is 15.7. The number of fused-ring (bicyclic) bond motifs is 2. The molecule has 0 unspecified atom stereocenters. The fourth-order valence-electron chi connectivity index (χ4n) is 4.34. The molecule has 0 atom stereocenters. The standard InChI is InChI=1S/C21H21N3O3S/c1-2-27-20(25)18-16-15-17(28-18)13-10-6-7-11-14(13)22-19(15)24(21(26)23-16)12-8-4-3-5-9-12/h6-7,10-12H,2-5,8-9H2,1H3,(H,23,26). The summed E-state index contributed by atoms with van der Waals surface area (Å²) in [6.45, 7) is 2.07. The molecule has 2 amide bonds. The van der Waals surface area contributed by atoms with Gasteiger partial charge in [-0.3, -0.25) is 4.90 Å². The highest BCUT2D eigenvalue weighted by Gasteiger charge is 2.37. The summed E-state index contributed by atoms with van der Waals surface area (Å²) in [6, 6.07) is 7.83.